The minimum atomic E-state index is -3.51. The third kappa shape index (κ3) is 2.05. The van der Waals surface area contributed by atoms with E-state index in [4.69, 9.17) is 15.2 Å². The van der Waals surface area contributed by atoms with Gasteiger partial charge < -0.3 is 4.52 Å². The summed E-state index contributed by atoms with van der Waals surface area (Å²) in [4.78, 5) is 0. The molecule has 2 rings (SSSR count). The van der Waals surface area contributed by atoms with Gasteiger partial charge in [-0.25, -0.2) is 8.42 Å². The predicted octanol–water partition coefficient (Wildman–Crippen LogP) is 1.90. The van der Waals surface area contributed by atoms with Crippen LogP contribution in [0.4, 0.5) is 0 Å². The molecule has 1 aromatic heterocycles. The smallest absolute Gasteiger partial charge is 0.236 e. The summed E-state index contributed by atoms with van der Waals surface area (Å²) in [7, 11) is 1.62. The Morgan fingerprint density at radius 1 is 1.43 bits per heavy atom. The van der Waals surface area contributed by atoms with Crippen LogP contribution in [0.2, 0.25) is 0 Å². The van der Waals surface area contributed by atoms with E-state index in [-0.39, 0.29) is 5.75 Å². The van der Waals surface area contributed by atoms with Crippen LogP contribution in [0.3, 0.4) is 0 Å². The zero-order chi connectivity index (χ0) is 10.2. The van der Waals surface area contributed by atoms with Gasteiger partial charge in [0, 0.05) is 16.1 Å². The Bertz CT molecular complexity index is 561. The van der Waals surface area contributed by atoms with Crippen LogP contribution >= 0.6 is 10.7 Å². The quantitative estimate of drug-likeness (QED) is 0.741. The van der Waals surface area contributed by atoms with Crippen molar-refractivity contribution in [1.82, 2.24) is 5.16 Å². The third-order valence-electron chi connectivity index (χ3n) is 1.76. The normalized spacial score (nSPS) is 12.1. The molecule has 0 unspecified atom stereocenters. The summed E-state index contributed by atoms with van der Waals surface area (Å²) in [5.74, 6) is -0.185. The fourth-order valence-electron chi connectivity index (χ4n) is 1.21. The molecule has 4 nitrogen and oxygen atoms in total. The molecule has 0 atom stereocenters. The van der Waals surface area contributed by atoms with E-state index in [1.54, 1.807) is 18.2 Å². The highest BCUT2D eigenvalue weighted by atomic mass is 35.7. The van der Waals surface area contributed by atoms with E-state index in [0.29, 0.717) is 11.1 Å². The van der Waals surface area contributed by atoms with Gasteiger partial charge in [0.15, 0.2) is 5.58 Å². The van der Waals surface area contributed by atoms with E-state index in [9.17, 15) is 8.42 Å². The molecule has 6 heteroatoms. The average Bonchev–Trinajstić information content (AvgIpc) is 2.47. The lowest BCUT2D eigenvalue weighted by Crippen LogP contribution is -1.94. The van der Waals surface area contributed by atoms with Crippen molar-refractivity contribution in [2.45, 2.75) is 5.75 Å². The fraction of sp³-hybridized carbons (Fsp3) is 0.125. The van der Waals surface area contributed by atoms with Gasteiger partial charge in [0.25, 0.3) is 0 Å². The van der Waals surface area contributed by atoms with Crippen LogP contribution in [-0.4, -0.2) is 13.6 Å². The molecular formula is C8H6ClNO3S. The van der Waals surface area contributed by atoms with Gasteiger partial charge in [0.1, 0.15) is 0 Å². The third-order valence-corrected chi connectivity index (χ3v) is 2.76. The summed E-state index contributed by atoms with van der Waals surface area (Å²) in [5, 5.41) is 4.35. The molecule has 0 bridgehead atoms. The van der Waals surface area contributed by atoms with Gasteiger partial charge in [-0.2, -0.15) is 0 Å². The van der Waals surface area contributed by atoms with Crippen LogP contribution in [-0.2, 0) is 14.8 Å². The second-order valence-electron chi connectivity index (χ2n) is 2.88. The Morgan fingerprint density at radius 3 is 2.93 bits per heavy atom. The van der Waals surface area contributed by atoms with Crippen molar-refractivity contribution in [1.29, 1.82) is 0 Å². The fourth-order valence-corrected chi connectivity index (χ4v) is 2.17. The Labute approximate surface area is 84.9 Å². The lowest BCUT2D eigenvalue weighted by atomic mass is 10.2. The molecule has 1 heterocycles. The van der Waals surface area contributed by atoms with Gasteiger partial charge in [-0.05, 0) is 17.7 Å². The molecule has 0 aliphatic rings. The maximum atomic E-state index is 10.8. The average molecular weight is 232 g/mol. The molecule has 1 aromatic carbocycles. The predicted molar refractivity (Wildman–Crippen MR) is 52.5 cm³/mol. The summed E-state index contributed by atoms with van der Waals surface area (Å²) < 4.78 is 26.5. The summed E-state index contributed by atoms with van der Waals surface area (Å²) >= 11 is 0. The van der Waals surface area contributed by atoms with E-state index in [0.717, 1.165) is 5.39 Å². The first-order valence-corrected chi connectivity index (χ1v) is 6.28. The highest BCUT2D eigenvalue weighted by Gasteiger charge is 2.08. The zero-order valence-electron chi connectivity index (χ0n) is 6.97. The molecular weight excluding hydrogens is 226 g/mol. The highest BCUT2D eigenvalue weighted by molar-refractivity contribution is 8.13. The standard InChI is InChI=1S/C8H6ClNO3S/c9-14(11,12)5-6-1-2-8-7(3-6)4-10-13-8/h1-4H,5H2. The van der Waals surface area contributed by atoms with Gasteiger partial charge >= 0.3 is 0 Å². The van der Waals surface area contributed by atoms with Crippen molar-refractivity contribution in [2.75, 3.05) is 0 Å². The number of nitrogens with zero attached hydrogens (tertiary/aromatic N) is 1. The molecule has 2 aromatic rings. The molecule has 0 N–H and O–H groups in total. The maximum Gasteiger partial charge on any atom is 0.236 e. The molecule has 0 amide bonds. The second-order valence-corrected chi connectivity index (χ2v) is 5.66. The number of halogens is 1. The van der Waals surface area contributed by atoms with Gasteiger partial charge in [-0.3, -0.25) is 0 Å². The number of hydrogen-bond acceptors (Lipinski definition) is 4. The van der Waals surface area contributed by atoms with Crippen LogP contribution < -0.4 is 0 Å². The molecule has 74 valence electrons. The summed E-state index contributed by atoms with van der Waals surface area (Å²) in [5.41, 5.74) is 1.25. The molecule has 0 aliphatic heterocycles. The van der Waals surface area contributed by atoms with Gasteiger partial charge in [0.2, 0.25) is 9.05 Å². The minimum absolute atomic E-state index is 0.185. The van der Waals surface area contributed by atoms with Crippen molar-refractivity contribution >= 4 is 30.7 Å². The second kappa shape index (κ2) is 3.25. The maximum absolute atomic E-state index is 10.8. The van der Waals surface area contributed by atoms with Crippen molar-refractivity contribution in [2.24, 2.45) is 0 Å². The number of rotatable bonds is 2. The Kier molecular flexibility index (Phi) is 2.20. The van der Waals surface area contributed by atoms with Crippen LogP contribution in [0.15, 0.2) is 28.9 Å². The number of fused-ring (bicyclic) bond motifs is 1. The zero-order valence-corrected chi connectivity index (χ0v) is 8.55. The van der Waals surface area contributed by atoms with Gasteiger partial charge in [-0.1, -0.05) is 11.2 Å². The Hall–Kier alpha value is -1.07. The molecule has 0 spiro atoms. The monoisotopic (exact) mass is 231 g/mol. The minimum Gasteiger partial charge on any atom is -0.356 e. The number of hydrogen-bond donors (Lipinski definition) is 0. The van der Waals surface area contributed by atoms with E-state index in [2.05, 4.69) is 5.16 Å². The molecule has 0 radical (unpaired) electrons. The molecule has 0 aliphatic carbocycles. The van der Waals surface area contributed by atoms with Crippen molar-refractivity contribution < 1.29 is 12.9 Å². The molecule has 0 saturated carbocycles. The van der Waals surface area contributed by atoms with E-state index in [1.807, 2.05) is 0 Å². The lowest BCUT2D eigenvalue weighted by Gasteiger charge is -1.96. The van der Waals surface area contributed by atoms with E-state index in [1.165, 1.54) is 6.20 Å². The molecule has 0 fully saturated rings. The van der Waals surface area contributed by atoms with E-state index >= 15 is 0 Å². The highest BCUT2D eigenvalue weighted by Crippen LogP contribution is 2.17. The van der Waals surface area contributed by atoms with Crippen molar-refractivity contribution in [3.63, 3.8) is 0 Å². The Morgan fingerprint density at radius 2 is 2.21 bits per heavy atom. The van der Waals surface area contributed by atoms with Crippen molar-refractivity contribution in [3.8, 4) is 0 Å². The lowest BCUT2D eigenvalue weighted by molar-refractivity contribution is 0.456. The first-order chi connectivity index (χ1) is 6.54. The van der Waals surface area contributed by atoms with Gasteiger partial charge in [-0.15, -0.1) is 0 Å². The first-order valence-electron chi connectivity index (χ1n) is 3.80. The van der Waals surface area contributed by atoms with Crippen LogP contribution in [0.5, 0.6) is 0 Å². The van der Waals surface area contributed by atoms with Crippen LogP contribution in [0.25, 0.3) is 11.0 Å². The largest absolute Gasteiger partial charge is 0.356 e. The molecule has 14 heavy (non-hydrogen) atoms. The number of benzene rings is 1. The SMILES string of the molecule is O=S(=O)(Cl)Cc1ccc2oncc2c1. The first kappa shape index (κ1) is 9.48. The topological polar surface area (TPSA) is 60.2 Å². The summed E-state index contributed by atoms with van der Waals surface area (Å²) in [6, 6.07) is 5.00. The molecule has 0 saturated heterocycles. The van der Waals surface area contributed by atoms with Crippen LogP contribution in [0, 0.1) is 0 Å². The summed E-state index contributed by atoms with van der Waals surface area (Å²) in [6.45, 7) is 0. The summed E-state index contributed by atoms with van der Waals surface area (Å²) in [6.07, 6.45) is 1.53. The number of aromatic nitrogens is 1. The van der Waals surface area contributed by atoms with E-state index < -0.39 is 9.05 Å². The van der Waals surface area contributed by atoms with Crippen molar-refractivity contribution in [3.05, 3.63) is 30.0 Å². The van der Waals surface area contributed by atoms with Crippen LogP contribution in [0.1, 0.15) is 5.56 Å². The Balaban J connectivity index is 2.44. The van der Waals surface area contributed by atoms with Gasteiger partial charge in [0.05, 0.1) is 11.9 Å².